The minimum absolute atomic E-state index is 0.0535. The van der Waals surface area contributed by atoms with E-state index in [1.54, 1.807) is 4.90 Å². The van der Waals surface area contributed by atoms with Gasteiger partial charge in [0.15, 0.2) is 0 Å². The van der Waals surface area contributed by atoms with Crippen LogP contribution in [0.15, 0.2) is 83.8 Å². The number of thiocarbonyl (C=S) groups is 1. The normalized spacial score (nSPS) is 15.0. The molecule has 1 fully saturated rings. The van der Waals surface area contributed by atoms with Crippen molar-refractivity contribution < 1.29 is 14.3 Å². The number of benzene rings is 3. The highest BCUT2D eigenvalue weighted by molar-refractivity contribution is 8.26. The molecule has 3 aromatic carbocycles. The van der Waals surface area contributed by atoms with Crippen LogP contribution in [0, 0.1) is 0 Å². The fourth-order valence-corrected chi connectivity index (χ4v) is 4.96. The molecule has 36 heavy (non-hydrogen) atoms. The summed E-state index contributed by atoms with van der Waals surface area (Å²) in [5.74, 6) is 1.61. The Balaban J connectivity index is 1.23. The van der Waals surface area contributed by atoms with E-state index in [4.69, 9.17) is 21.7 Å². The third-order valence-electron chi connectivity index (χ3n) is 5.78. The molecule has 186 valence electrons. The number of carbonyl (C=O) groups excluding carboxylic acids is 1. The second-order valence-corrected chi connectivity index (χ2v) is 11.3. The highest BCUT2D eigenvalue weighted by Crippen LogP contribution is 2.34. The van der Waals surface area contributed by atoms with E-state index in [0.29, 0.717) is 29.0 Å². The molecule has 1 aliphatic heterocycles. The van der Waals surface area contributed by atoms with Gasteiger partial charge in [-0.15, -0.1) is 0 Å². The van der Waals surface area contributed by atoms with E-state index in [1.165, 1.54) is 17.3 Å². The van der Waals surface area contributed by atoms with E-state index >= 15 is 0 Å². The van der Waals surface area contributed by atoms with E-state index in [0.717, 1.165) is 29.0 Å². The van der Waals surface area contributed by atoms with Gasteiger partial charge in [0.2, 0.25) is 0 Å². The summed E-state index contributed by atoms with van der Waals surface area (Å²) in [6.07, 6.45) is 2.67. The zero-order valence-electron chi connectivity index (χ0n) is 20.9. The van der Waals surface area contributed by atoms with Gasteiger partial charge in [-0.1, -0.05) is 99.3 Å². The maximum Gasteiger partial charge on any atom is 0.266 e. The highest BCUT2D eigenvalue weighted by Gasteiger charge is 2.31. The Bertz CT molecular complexity index is 1210. The maximum atomic E-state index is 12.9. The Labute approximate surface area is 223 Å². The first-order chi connectivity index (χ1) is 17.3. The minimum atomic E-state index is -0.0535. The average molecular weight is 518 g/mol. The van der Waals surface area contributed by atoms with Gasteiger partial charge in [-0.3, -0.25) is 9.69 Å². The lowest BCUT2D eigenvalue weighted by molar-refractivity contribution is -0.122. The van der Waals surface area contributed by atoms with Crippen molar-refractivity contribution in [2.45, 2.75) is 39.2 Å². The van der Waals surface area contributed by atoms with Crippen LogP contribution in [-0.4, -0.2) is 28.3 Å². The lowest BCUT2D eigenvalue weighted by Gasteiger charge is -2.19. The number of hydrogen-bond donors (Lipinski definition) is 0. The van der Waals surface area contributed by atoms with Gasteiger partial charge in [-0.05, 0) is 52.4 Å². The van der Waals surface area contributed by atoms with Crippen molar-refractivity contribution in [3.63, 3.8) is 0 Å². The number of rotatable bonds is 9. The molecule has 0 spiro atoms. The molecule has 0 atom stereocenters. The van der Waals surface area contributed by atoms with Crippen molar-refractivity contribution >= 4 is 40.3 Å². The Morgan fingerprint density at radius 1 is 0.861 bits per heavy atom. The largest absolute Gasteiger partial charge is 0.493 e. The first-order valence-electron chi connectivity index (χ1n) is 12.0. The summed E-state index contributed by atoms with van der Waals surface area (Å²) < 4.78 is 12.3. The first kappa shape index (κ1) is 26.0. The molecule has 0 radical (unpaired) electrons. The number of thioether (sulfide) groups is 1. The van der Waals surface area contributed by atoms with Crippen LogP contribution in [-0.2, 0) is 16.8 Å². The summed E-state index contributed by atoms with van der Waals surface area (Å²) in [4.78, 5) is 15.2. The molecule has 4 nitrogen and oxygen atoms in total. The molecule has 0 aliphatic carbocycles. The van der Waals surface area contributed by atoms with Gasteiger partial charge in [0, 0.05) is 6.42 Å². The predicted octanol–water partition coefficient (Wildman–Crippen LogP) is 7.23. The van der Waals surface area contributed by atoms with Gasteiger partial charge in [0.05, 0.1) is 24.7 Å². The second kappa shape index (κ2) is 11.8. The van der Waals surface area contributed by atoms with E-state index in [9.17, 15) is 4.79 Å². The summed E-state index contributed by atoms with van der Waals surface area (Å²) >= 11 is 6.79. The molecule has 1 amide bonds. The van der Waals surface area contributed by atoms with Crippen molar-refractivity contribution in [3.8, 4) is 11.5 Å². The lowest BCUT2D eigenvalue weighted by atomic mass is 9.87. The molecule has 3 aromatic rings. The Morgan fingerprint density at radius 2 is 1.44 bits per heavy atom. The summed E-state index contributed by atoms with van der Waals surface area (Å²) in [6.45, 7) is 8.25. The number of hydrogen-bond acceptors (Lipinski definition) is 5. The topological polar surface area (TPSA) is 38.8 Å². The van der Waals surface area contributed by atoms with E-state index in [-0.39, 0.29) is 11.3 Å². The Kier molecular flexibility index (Phi) is 8.49. The monoisotopic (exact) mass is 517 g/mol. The van der Waals surface area contributed by atoms with Gasteiger partial charge in [-0.2, -0.15) is 0 Å². The Morgan fingerprint density at radius 3 is 2.03 bits per heavy atom. The predicted molar refractivity (Wildman–Crippen MR) is 152 cm³/mol. The van der Waals surface area contributed by atoms with E-state index < -0.39 is 0 Å². The van der Waals surface area contributed by atoms with Crippen LogP contribution in [0.5, 0.6) is 11.5 Å². The average Bonchev–Trinajstić information content (AvgIpc) is 3.12. The zero-order valence-corrected chi connectivity index (χ0v) is 22.5. The zero-order chi connectivity index (χ0) is 25.5. The third-order valence-corrected chi connectivity index (χ3v) is 7.16. The van der Waals surface area contributed by atoms with E-state index in [2.05, 4.69) is 32.9 Å². The SMILES string of the molecule is CC(C)(C)c1ccc(OCCCOc2ccc(/C=C3\SC(=S)N(Cc4ccccc4)C3=O)cc2)cc1. The van der Waals surface area contributed by atoms with Gasteiger partial charge in [0.25, 0.3) is 5.91 Å². The first-order valence-corrected chi connectivity index (χ1v) is 13.3. The minimum Gasteiger partial charge on any atom is -0.493 e. The second-order valence-electron chi connectivity index (χ2n) is 9.65. The molecule has 0 saturated carbocycles. The summed E-state index contributed by atoms with van der Waals surface area (Å²) in [6, 6.07) is 25.9. The lowest BCUT2D eigenvalue weighted by Crippen LogP contribution is -2.27. The summed E-state index contributed by atoms with van der Waals surface area (Å²) in [5, 5.41) is 0. The summed E-state index contributed by atoms with van der Waals surface area (Å²) in [7, 11) is 0. The van der Waals surface area contributed by atoms with Crippen molar-refractivity contribution in [2.75, 3.05) is 13.2 Å². The van der Waals surface area contributed by atoms with Crippen LogP contribution in [0.25, 0.3) is 6.08 Å². The van der Waals surface area contributed by atoms with Crippen LogP contribution in [0.3, 0.4) is 0 Å². The maximum absolute atomic E-state index is 12.9. The number of nitrogens with zero attached hydrogens (tertiary/aromatic N) is 1. The number of amides is 1. The molecule has 0 aromatic heterocycles. The van der Waals surface area contributed by atoms with Gasteiger partial charge in [0.1, 0.15) is 15.8 Å². The molecular weight excluding hydrogens is 486 g/mol. The van der Waals surface area contributed by atoms with Gasteiger partial charge < -0.3 is 9.47 Å². The standard InChI is InChI=1S/C30H31NO3S2/c1-30(2,3)24-12-16-26(17-13-24)34-19-7-18-33-25-14-10-22(11-15-25)20-27-28(32)31(29(35)36-27)21-23-8-5-4-6-9-23/h4-6,8-17,20H,7,18-19,21H2,1-3H3/b27-20-. The highest BCUT2D eigenvalue weighted by atomic mass is 32.2. The number of ether oxygens (including phenoxy) is 2. The molecule has 1 heterocycles. The molecule has 1 aliphatic rings. The fraction of sp³-hybridized carbons (Fsp3) is 0.267. The van der Waals surface area contributed by atoms with Crippen LogP contribution in [0.1, 0.15) is 43.9 Å². The smallest absolute Gasteiger partial charge is 0.266 e. The van der Waals surface area contributed by atoms with Crippen LogP contribution >= 0.6 is 24.0 Å². The fourth-order valence-electron chi connectivity index (χ4n) is 3.70. The van der Waals surface area contributed by atoms with Crippen LogP contribution < -0.4 is 9.47 Å². The van der Waals surface area contributed by atoms with Crippen molar-refractivity contribution in [1.82, 2.24) is 4.90 Å². The van der Waals surface area contributed by atoms with Crippen LogP contribution in [0.2, 0.25) is 0 Å². The van der Waals surface area contributed by atoms with Crippen molar-refractivity contribution in [2.24, 2.45) is 0 Å². The molecule has 0 N–H and O–H groups in total. The molecule has 0 unspecified atom stereocenters. The molecule has 4 rings (SSSR count). The van der Waals surface area contributed by atoms with Gasteiger partial charge in [-0.25, -0.2) is 0 Å². The van der Waals surface area contributed by atoms with Crippen molar-refractivity contribution in [1.29, 1.82) is 0 Å². The van der Waals surface area contributed by atoms with Crippen LogP contribution in [0.4, 0.5) is 0 Å². The van der Waals surface area contributed by atoms with Crippen molar-refractivity contribution in [3.05, 3.63) is 100 Å². The molecule has 0 bridgehead atoms. The number of carbonyl (C=O) groups is 1. The molecule has 1 saturated heterocycles. The third kappa shape index (κ3) is 6.99. The quantitative estimate of drug-likeness (QED) is 0.170. The van der Waals surface area contributed by atoms with Gasteiger partial charge >= 0.3 is 0 Å². The van der Waals surface area contributed by atoms with E-state index in [1.807, 2.05) is 72.8 Å². The molecular formula is C30H31NO3S2. The summed E-state index contributed by atoms with van der Waals surface area (Å²) in [5.41, 5.74) is 3.42. The Hall–Kier alpha value is -3.09. The molecule has 6 heteroatoms.